The number of hydrogen-bond acceptors (Lipinski definition) is 5. The van der Waals surface area contributed by atoms with Crippen LogP contribution in [0.2, 0.25) is 0 Å². The van der Waals surface area contributed by atoms with Crippen molar-refractivity contribution in [2.24, 2.45) is 0 Å². The standard InChI is InChI=1S/C31H40N4O4/c36-29-24-34(31(38)26-10-7-9-25(23-26)30(37)33-18-5-6-19-33)20-21-35(29)27-11-13-28(14-12-27)39-22-8-17-32-15-3-1-2-4-16-32/h7,9-14,23H,1-6,8,15-22,24H2. The van der Waals surface area contributed by atoms with Crippen molar-refractivity contribution in [1.29, 1.82) is 0 Å². The molecule has 3 aliphatic heterocycles. The van der Waals surface area contributed by atoms with Crippen LogP contribution in [0.4, 0.5) is 5.69 Å². The fourth-order valence-corrected chi connectivity index (χ4v) is 5.75. The zero-order valence-electron chi connectivity index (χ0n) is 22.9. The number of piperazine rings is 1. The normalized spacial score (nSPS) is 18.8. The molecule has 3 fully saturated rings. The second kappa shape index (κ2) is 13.1. The maximum absolute atomic E-state index is 13.2. The Balaban J connectivity index is 1.10. The van der Waals surface area contributed by atoms with Gasteiger partial charge in [0.15, 0.2) is 0 Å². The molecule has 0 atom stereocenters. The molecule has 2 aromatic carbocycles. The van der Waals surface area contributed by atoms with Gasteiger partial charge in [-0.1, -0.05) is 18.9 Å². The van der Waals surface area contributed by atoms with Crippen LogP contribution in [-0.2, 0) is 4.79 Å². The van der Waals surface area contributed by atoms with Crippen LogP contribution in [-0.4, -0.2) is 91.4 Å². The van der Waals surface area contributed by atoms with Crippen molar-refractivity contribution in [3.63, 3.8) is 0 Å². The topological polar surface area (TPSA) is 73.4 Å². The van der Waals surface area contributed by atoms with Gasteiger partial charge in [0.2, 0.25) is 5.91 Å². The Labute approximate surface area is 231 Å². The van der Waals surface area contributed by atoms with Crippen LogP contribution in [0.5, 0.6) is 5.75 Å². The Morgan fingerprint density at radius 3 is 2.03 bits per heavy atom. The average molecular weight is 533 g/mol. The molecule has 5 rings (SSSR count). The molecule has 0 radical (unpaired) electrons. The van der Waals surface area contributed by atoms with E-state index in [1.54, 1.807) is 34.1 Å². The van der Waals surface area contributed by atoms with E-state index in [4.69, 9.17) is 4.74 Å². The van der Waals surface area contributed by atoms with Crippen molar-refractivity contribution in [3.8, 4) is 5.75 Å². The fraction of sp³-hybridized carbons (Fsp3) is 0.516. The first-order valence-corrected chi connectivity index (χ1v) is 14.5. The van der Waals surface area contributed by atoms with Crippen molar-refractivity contribution in [3.05, 3.63) is 59.7 Å². The molecule has 0 aliphatic carbocycles. The molecule has 2 aromatic rings. The van der Waals surface area contributed by atoms with Crippen LogP contribution in [0.15, 0.2) is 48.5 Å². The minimum absolute atomic E-state index is 0.0118. The van der Waals surface area contributed by atoms with Gasteiger partial charge >= 0.3 is 0 Å². The summed E-state index contributed by atoms with van der Waals surface area (Å²) in [4.78, 5) is 46.6. The molecule has 8 nitrogen and oxygen atoms in total. The Hall–Kier alpha value is -3.39. The van der Waals surface area contributed by atoms with Gasteiger partial charge in [0, 0.05) is 49.5 Å². The number of nitrogens with zero attached hydrogens (tertiary/aromatic N) is 4. The lowest BCUT2D eigenvalue weighted by Gasteiger charge is -2.34. The van der Waals surface area contributed by atoms with Crippen LogP contribution in [0.3, 0.4) is 0 Å². The number of benzene rings is 2. The van der Waals surface area contributed by atoms with Gasteiger partial charge in [0.25, 0.3) is 11.8 Å². The van der Waals surface area contributed by atoms with Crippen LogP contribution < -0.4 is 9.64 Å². The molecule has 0 aromatic heterocycles. The maximum atomic E-state index is 13.2. The Morgan fingerprint density at radius 2 is 1.36 bits per heavy atom. The first kappa shape index (κ1) is 27.2. The number of carbonyl (C=O) groups excluding carboxylic acids is 3. The number of likely N-dealkylation sites (tertiary alicyclic amines) is 2. The van der Waals surface area contributed by atoms with Crippen molar-refractivity contribution in [2.75, 3.05) is 63.9 Å². The van der Waals surface area contributed by atoms with E-state index in [1.807, 2.05) is 29.2 Å². The molecule has 0 unspecified atom stereocenters. The van der Waals surface area contributed by atoms with Crippen molar-refractivity contribution in [1.82, 2.24) is 14.7 Å². The summed E-state index contributed by atoms with van der Waals surface area (Å²) in [5.41, 5.74) is 1.78. The highest BCUT2D eigenvalue weighted by Crippen LogP contribution is 2.23. The van der Waals surface area contributed by atoms with E-state index < -0.39 is 0 Å². The first-order chi connectivity index (χ1) is 19.1. The lowest BCUT2D eigenvalue weighted by molar-refractivity contribution is -0.120. The predicted octanol–water partition coefficient (Wildman–Crippen LogP) is 4.06. The monoisotopic (exact) mass is 532 g/mol. The van der Waals surface area contributed by atoms with Gasteiger partial charge in [-0.25, -0.2) is 0 Å². The van der Waals surface area contributed by atoms with E-state index in [0.29, 0.717) is 30.8 Å². The zero-order chi connectivity index (χ0) is 27.0. The van der Waals surface area contributed by atoms with Gasteiger partial charge in [-0.15, -0.1) is 0 Å². The van der Waals surface area contributed by atoms with Crippen molar-refractivity contribution < 1.29 is 19.1 Å². The van der Waals surface area contributed by atoms with E-state index in [1.165, 1.54) is 38.8 Å². The van der Waals surface area contributed by atoms with Gasteiger partial charge in [0.1, 0.15) is 12.3 Å². The van der Waals surface area contributed by atoms with Crippen LogP contribution in [0, 0.1) is 0 Å². The second-order valence-electron chi connectivity index (χ2n) is 10.8. The number of hydrogen-bond donors (Lipinski definition) is 0. The third kappa shape index (κ3) is 6.98. The largest absolute Gasteiger partial charge is 0.494 e. The second-order valence-corrected chi connectivity index (χ2v) is 10.8. The maximum Gasteiger partial charge on any atom is 0.254 e. The average Bonchev–Trinajstić information content (AvgIpc) is 3.39. The lowest BCUT2D eigenvalue weighted by Crippen LogP contribution is -2.52. The molecule has 0 bridgehead atoms. The van der Waals surface area contributed by atoms with E-state index in [2.05, 4.69) is 4.90 Å². The minimum Gasteiger partial charge on any atom is -0.494 e. The summed E-state index contributed by atoms with van der Waals surface area (Å²) in [6.45, 7) is 6.56. The summed E-state index contributed by atoms with van der Waals surface area (Å²) < 4.78 is 5.94. The highest BCUT2D eigenvalue weighted by molar-refractivity contribution is 6.03. The molecule has 3 amide bonds. The SMILES string of the molecule is O=C(c1cccc(C(=O)N2CCN(c3ccc(OCCCN4CCCCCC4)cc3)C(=O)C2)c1)N1CCCC1. The number of ether oxygens (including phenoxy) is 1. The quantitative estimate of drug-likeness (QED) is 0.480. The summed E-state index contributed by atoms with van der Waals surface area (Å²) in [6.07, 6.45) is 8.35. The van der Waals surface area contributed by atoms with Gasteiger partial charge in [-0.3, -0.25) is 14.4 Å². The predicted molar refractivity (Wildman–Crippen MR) is 151 cm³/mol. The molecule has 3 saturated heterocycles. The van der Waals surface area contributed by atoms with Gasteiger partial charge in [-0.05, 0) is 87.7 Å². The molecule has 0 N–H and O–H groups in total. The van der Waals surface area contributed by atoms with Crippen LogP contribution in [0.25, 0.3) is 0 Å². The van der Waals surface area contributed by atoms with Gasteiger partial charge in [-0.2, -0.15) is 0 Å². The summed E-state index contributed by atoms with van der Waals surface area (Å²) in [5.74, 6) is 0.431. The summed E-state index contributed by atoms with van der Waals surface area (Å²) in [6, 6.07) is 14.5. The number of carbonyl (C=O) groups is 3. The zero-order valence-corrected chi connectivity index (χ0v) is 22.9. The highest BCUT2D eigenvalue weighted by atomic mass is 16.5. The van der Waals surface area contributed by atoms with Gasteiger partial charge in [0.05, 0.1) is 6.61 Å². The molecule has 3 aliphatic rings. The third-order valence-corrected chi connectivity index (χ3v) is 7.99. The van der Waals surface area contributed by atoms with Crippen molar-refractivity contribution >= 4 is 23.4 Å². The Morgan fingerprint density at radius 1 is 0.718 bits per heavy atom. The lowest BCUT2D eigenvalue weighted by atomic mass is 10.1. The van der Waals surface area contributed by atoms with Crippen LogP contribution in [0.1, 0.15) is 65.7 Å². The van der Waals surface area contributed by atoms with E-state index in [0.717, 1.165) is 50.3 Å². The Kier molecular flexibility index (Phi) is 9.14. The molecular formula is C31H40N4O4. The Bertz CT molecular complexity index is 1140. The summed E-state index contributed by atoms with van der Waals surface area (Å²) in [5, 5.41) is 0. The fourth-order valence-electron chi connectivity index (χ4n) is 5.75. The molecule has 208 valence electrons. The molecule has 0 saturated carbocycles. The van der Waals surface area contributed by atoms with Crippen LogP contribution >= 0.6 is 0 Å². The number of amides is 3. The van der Waals surface area contributed by atoms with Crippen molar-refractivity contribution in [2.45, 2.75) is 44.9 Å². The first-order valence-electron chi connectivity index (χ1n) is 14.5. The third-order valence-electron chi connectivity index (χ3n) is 7.99. The summed E-state index contributed by atoms with van der Waals surface area (Å²) >= 11 is 0. The smallest absolute Gasteiger partial charge is 0.254 e. The minimum atomic E-state index is -0.219. The number of anilines is 1. The van der Waals surface area contributed by atoms with E-state index in [9.17, 15) is 14.4 Å². The number of rotatable bonds is 8. The highest BCUT2D eigenvalue weighted by Gasteiger charge is 2.29. The molecular weight excluding hydrogens is 492 g/mol. The van der Waals surface area contributed by atoms with E-state index in [-0.39, 0.29) is 24.3 Å². The molecule has 8 heteroatoms. The summed E-state index contributed by atoms with van der Waals surface area (Å²) in [7, 11) is 0. The molecule has 39 heavy (non-hydrogen) atoms. The van der Waals surface area contributed by atoms with E-state index >= 15 is 0 Å². The molecule has 3 heterocycles. The molecule has 0 spiro atoms. The van der Waals surface area contributed by atoms with Gasteiger partial charge < -0.3 is 24.3 Å².